The SMILES string of the molecule is CN(C)Cc1ccc(N/C(=C2\C(=O)Nc3cc(F)ccc32)c2cccc(CNC(=O)OC(C)(C)C)c2)cc1. The highest BCUT2D eigenvalue weighted by molar-refractivity contribution is 6.37. The van der Waals surface area contributed by atoms with Crippen molar-refractivity contribution in [3.63, 3.8) is 0 Å². The van der Waals surface area contributed by atoms with Gasteiger partial charge in [0, 0.05) is 24.3 Å². The highest BCUT2D eigenvalue weighted by Crippen LogP contribution is 2.38. The van der Waals surface area contributed by atoms with E-state index in [1.807, 2.05) is 62.6 Å². The van der Waals surface area contributed by atoms with E-state index < -0.39 is 17.5 Å². The molecule has 0 saturated carbocycles. The quantitative estimate of drug-likeness (QED) is 0.344. The Morgan fingerprint density at radius 2 is 1.74 bits per heavy atom. The number of halogens is 1. The first-order valence-corrected chi connectivity index (χ1v) is 12.4. The Morgan fingerprint density at radius 1 is 1.00 bits per heavy atom. The number of benzene rings is 3. The van der Waals surface area contributed by atoms with Gasteiger partial charge in [-0.2, -0.15) is 0 Å². The number of hydrogen-bond donors (Lipinski definition) is 3. The van der Waals surface area contributed by atoms with Gasteiger partial charge in [0.1, 0.15) is 11.4 Å². The molecule has 0 atom stereocenters. The Labute approximate surface area is 222 Å². The van der Waals surface area contributed by atoms with E-state index in [0.717, 1.165) is 28.9 Å². The van der Waals surface area contributed by atoms with Crippen LogP contribution in [0.15, 0.2) is 66.7 Å². The summed E-state index contributed by atoms with van der Waals surface area (Å²) in [4.78, 5) is 27.4. The molecule has 3 aromatic carbocycles. The van der Waals surface area contributed by atoms with Gasteiger partial charge in [-0.15, -0.1) is 0 Å². The fraction of sp³-hybridized carbons (Fsp3) is 0.267. The first kappa shape index (κ1) is 26.9. The molecule has 0 saturated heterocycles. The van der Waals surface area contributed by atoms with Crippen LogP contribution >= 0.6 is 0 Å². The largest absolute Gasteiger partial charge is 0.444 e. The number of nitrogens with one attached hydrogen (secondary N) is 3. The zero-order valence-electron chi connectivity index (χ0n) is 22.3. The summed E-state index contributed by atoms with van der Waals surface area (Å²) >= 11 is 0. The number of carbonyl (C=O) groups is 2. The van der Waals surface area contributed by atoms with Gasteiger partial charge in [0.05, 0.1) is 17.0 Å². The molecule has 0 aliphatic carbocycles. The zero-order valence-corrected chi connectivity index (χ0v) is 22.3. The number of rotatable bonds is 7. The van der Waals surface area contributed by atoms with Gasteiger partial charge in [-0.05, 0) is 88.0 Å². The molecule has 1 aliphatic rings. The van der Waals surface area contributed by atoms with Gasteiger partial charge >= 0.3 is 6.09 Å². The second-order valence-corrected chi connectivity index (χ2v) is 10.5. The monoisotopic (exact) mass is 516 g/mol. The predicted octanol–water partition coefficient (Wildman–Crippen LogP) is 5.84. The molecule has 2 amide bonds. The summed E-state index contributed by atoms with van der Waals surface area (Å²) in [7, 11) is 4.02. The van der Waals surface area contributed by atoms with Crippen molar-refractivity contribution < 1.29 is 18.7 Å². The molecule has 0 spiro atoms. The molecular formula is C30H33FN4O3. The van der Waals surface area contributed by atoms with Gasteiger partial charge in [-0.3, -0.25) is 4.79 Å². The number of ether oxygens (including phenoxy) is 1. The van der Waals surface area contributed by atoms with Crippen LogP contribution in [0.25, 0.3) is 11.3 Å². The smallest absolute Gasteiger partial charge is 0.407 e. The van der Waals surface area contributed by atoms with E-state index in [9.17, 15) is 14.0 Å². The topological polar surface area (TPSA) is 82.7 Å². The number of anilines is 2. The normalized spacial score (nSPS) is 14.1. The molecule has 0 fully saturated rings. The molecule has 7 nitrogen and oxygen atoms in total. The molecule has 3 N–H and O–H groups in total. The van der Waals surface area contributed by atoms with Crippen molar-refractivity contribution in [1.29, 1.82) is 0 Å². The molecule has 0 aromatic heterocycles. The Kier molecular flexibility index (Phi) is 7.83. The predicted molar refractivity (Wildman–Crippen MR) is 149 cm³/mol. The number of hydrogen-bond acceptors (Lipinski definition) is 5. The van der Waals surface area contributed by atoms with E-state index in [-0.39, 0.29) is 12.5 Å². The Hall–Kier alpha value is -4.17. The number of fused-ring (bicyclic) bond motifs is 1. The summed E-state index contributed by atoms with van der Waals surface area (Å²) in [6.07, 6.45) is -0.511. The molecule has 3 aromatic rings. The molecule has 0 unspecified atom stereocenters. The van der Waals surface area contributed by atoms with Crippen molar-refractivity contribution in [3.05, 3.63) is 94.8 Å². The van der Waals surface area contributed by atoms with Crippen LogP contribution < -0.4 is 16.0 Å². The highest BCUT2D eigenvalue weighted by Gasteiger charge is 2.29. The third-order valence-electron chi connectivity index (χ3n) is 5.75. The molecule has 1 aliphatic heterocycles. The average molecular weight is 517 g/mol. The van der Waals surface area contributed by atoms with E-state index in [0.29, 0.717) is 22.5 Å². The van der Waals surface area contributed by atoms with Gasteiger partial charge in [0.25, 0.3) is 5.91 Å². The van der Waals surface area contributed by atoms with E-state index >= 15 is 0 Å². The Bertz CT molecular complexity index is 1370. The number of alkyl carbamates (subject to hydrolysis) is 1. The lowest BCUT2D eigenvalue weighted by Crippen LogP contribution is -2.32. The van der Waals surface area contributed by atoms with E-state index in [2.05, 4.69) is 20.9 Å². The van der Waals surface area contributed by atoms with Crippen molar-refractivity contribution in [2.45, 2.75) is 39.5 Å². The summed E-state index contributed by atoms with van der Waals surface area (Å²) in [6.45, 7) is 6.48. The third kappa shape index (κ3) is 6.77. The third-order valence-corrected chi connectivity index (χ3v) is 5.75. The maximum absolute atomic E-state index is 13.9. The van der Waals surface area contributed by atoms with Crippen LogP contribution in [0.1, 0.15) is 43.0 Å². The molecule has 198 valence electrons. The van der Waals surface area contributed by atoms with Gasteiger partial charge < -0.3 is 25.6 Å². The van der Waals surface area contributed by atoms with Crippen LogP contribution in [0.2, 0.25) is 0 Å². The molecule has 0 radical (unpaired) electrons. The van der Waals surface area contributed by atoms with Crippen molar-refractivity contribution in [1.82, 2.24) is 10.2 Å². The molecule has 1 heterocycles. The summed E-state index contributed by atoms with van der Waals surface area (Å²) in [5.41, 5.74) is 4.95. The lowest BCUT2D eigenvalue weighted by molar-refractivity contribution is -0.110. The van der Waals surface area contributed by atoms with Crippen LogP contribution in [-0.4, -0.2) is 36.6 Å². The van der Waals surface area contributed by atoms with Crippen LogP contribution in [0.3, 0.4) is 0 Å². The van der Waals surface area contributed by atoms with Crippen LogP contribution in [0.4, 0.5) is 20.6 Å². The molecule has 4 rings (SSSR count). The lowest BCUT2D eigenvalue weighted by atomic mass is 9.98. The van der Waals surface area contributed by atoms with Crippen molar-refractivity contribution >= 4 is 34.6 Å². The second kappa shape index (κ2) is 11.1. The van der Waals surface area contributed by atoms with Crippen LogP contribution in [0.5, 0.6) is 0 Å². The van der Waals surface area contributed by atoms with Crippen molar-refractivity contribution in [2.75, 3.05) is 24.7 Å². The zero-order chi connectivity index (χ0) is 27.4. The standard InChI is InChI=1S/C30H33FN4O3/c1-30(2,3)38-29(37)32-17-20-7-6-8-21(15-20)27(33-23-12-9-19(10-13-23)18-35(4)5)26-24-14-11-22(31)16-25(24)34-28(26)36/h6-16,33H,17-18H2,1-5H3,(H,32,37)(H,34,36)/b27-26-. The van der Waals surface area contributed by atoms with E-state index in [1.54, 1.807) is 26.8 Å². The van der Waals surface area contributed by atoms with E-state index in [4.69, 9.17) is 4.74 Å². The van der Waals surface area contributed by atoms with Gasteiger partial charge in [0.15, 0.2) is 0 Å². The summed E-state index contributed by atoms with van der Waals surface area (Å²) in [6, 6.07) is 19.8. The molecule has 0 bridgehead atoms. The Morgan fingerprint density at radius 3 is 2.42 bits per heavy atom. The molecular weight excluding hydrogens is 483 g/mol. The summed E-state index contributed by atoms with van der Waals surface area (Å²) in [5.74, 6) is -0.749. The Balaban J connectivity index is 1.70. The van der Waals surface area contributed by atoms with Gasteiger partial charge in [0.2, 0.25) is 0 Å². The van der Waals surface area contributed by atoms with Crippen molar-refractivity contribution in [3.8, 4) is 0 Å². The summed E-state index contributed by atoms with van der Waals surface area (Å²) < 4.78 is 19.2. The number of nitrogens with zero attached hydrogens (tertiary/aromatic N) is 1. The fourth-order valence-electron chi connectivity index (χ4n) is 4.20. The first-order valence-electron chi connectivity index (χ1n) is 12.4. The minimum absolute atomic E-state index is 0.249. The molecule has 38 heavy (non-hydrogen) atoms. The van der Waals surface area contributed by atoms with E-state index in [1.165, 1.54) is 12.1 Å². The number of amides is 2. The summed E-state index contributed by atoms with van der Waals surface area (Å²) in [5, 5.41) is 8.97. The average Bonchev–Trinajstić information content (AvgIpc) is 3.15. The highest BCUT2D eigenvalue weighted by atomic mass is 19.1. The number of carbonyl (C=O) groups excluding carboxylic acids is 2. The maximum atomic E-state index is 13.9. The fourth-order valence-corrected chi connectivity index (χ4v) is 4.20. The lowest BCUT2D eigenvalue weighted by Gasteiger charge is -2.20. The van der Waals surface area contributed by atoms with Crippen molar-refractivity contribution in [2.24, 2.45) is 0 Å². The molecule has 8 heteroatoms. The first-order chi connectivity index (χ1) is 18.0. The van der Waals surface area contributed by atoms with Crippen LogP contribution in [-0.2, 0) is 22.6 Å². The maximum Gasteiger partial charge on any atom is 0.407 e. The van der Waals surface area contributed by atoms with Crippen LogP contribution in [0, 0.1) is 5.82 Å². The van der Waals surface area contributed by atoms with Gasteiger partial charge in [-0.1, -0.05) is 30.3 Å². The minimum atomic E-state index is -0.599. The second-order valence-electron chi connectivity index (χ2n) is 10.5. The minimum Gasteiger partial charge on any atom is -0.444 e. The van der Waals surface area contributed by atoms with Gasteiger partial charge in [-0.25, -0.2) is 9.18 Å².